The minimum Gasteiger partial charge on any atom is -1.00 e. The average Bonchev–Trinajstić information content (AvgIpc) is 0.918. The molecule has 0 fully saturated rings. The summed E-state index contributed by atoms with van der Waals surface area (Å²) in [6.45, 7) is 0. The second kappa shape index (κ2) is 115. The fourth-order valence-corrected chi connectivity index (χ4v) is 0. The Kier molecular flexibility index (Phi) is 1000. The molecule has 0 radical (unpaired) electrons. The SMILES string of the molecule is C[NH2+]C.[Cl-].[Cl-].[Cl-].[NH4+].[NH4+]. The summed E-state index contributed by atoms with van der Waals surface area (Å²) >= 11 is 0. The highest BCUT2D eigenvalue weighted by Gasteiger charge is 1.29. The maximum absolute atomic E-state index is 2.00. The molecule has 0 rings (SSSR count). The second-order valence-electron chi connectivity index (χ2n) is 0.577. The first-order valence-electron chi connectivity index (χ1n) is 1.15. The van der Waals surface area contributed by atoms with Gasteiger partial charge in [0.1, 0.15) is 0 Å². The molecule has 60 valence electrons. The van der Waals surface area contributed by atoms with E-state index in [1.807, 2.05) is 19.4 Å². The largest absolute Gasteiger partial charge is 1.00 e. The van der Waals surface area contributed by atoms with Gasteiger partial charge in [-0.15, -0.1) is 0 Å². The summed E-state index contributed by atoms with van der Waals surface area (Å²) in [5.74, 6) is 0. The topological polar surface area (TPSA) is 89.6 Å². The zero-order valence-electron chi connectivity index (χ0n) is 5.71. The van der Waals surface area contributed by atoms with Gasteiger partial charge in [-0.25, -0.2) is 0 Å². The van der Waals surface area contributed by atoms with Crippen molar-refractivity contribution in [3.63, 3.8) is 0 Å². The van der Waals surface area contributed by atoms with Gasteiger partial charge in [0.05, 0.1) is 14.1 Å². The third-order valence-corrected chi connectivity index (χ3v) is 0. The van der Waals surface area contributed by atoms with Crippen LogP contribution in [0.1, 0.15) is 0 Å². The molecule has 0 saturated heterocycles. The van der Waals surface area contributed by atoms with Crippen LogP contribution < -0.4 is 54.8 Å². The Bertz CT molecular complexity index is 12.5. The van der Waals surface area contributed by atoms with Gasteiger partial charge < -0.3 is 54.8 Å². The molecular weight excluding hydrogens is 172 g/mol. The summed E-state index contributed by atoms with van der Waals surface area (Å²) in [6.07, 6.45) is 0. The monoisotopic (exact) mass is 187 g/mol. The van der Waals surface area contributed by atoms with Crippen LogP contribution in [0.15, 0.2) is 0 Å². The van der Waals surface area contributed by atoms with Crippen LogP contribution in [0.25, 0.3) is 0 Å². The normalized spacial score (nSPS) is 2.25. The van der Waals surface area contributed by atoms with Gasteiger partial charge >= 0.3 is 0 Å². The predicted molar refractivity (Wildman–Crippen MR) is 25.7 cm³/mol. The molecule has 0 saturated carbocycles. The Labute approximate surface area is 69.4 Å². The second-order valence-corrected chi connectivity index (χ2v) is 0.577. The number of hydrogen-bond donors (Lipinski definition) is 3. The van der Waals surface area contributed by atoms with Crippen LogP contribution in [-0.4, -0.2) is 14.1 Å². The minimum absolute atomic E-state index is 0. The van der Waals surface area contributed by atoms with Crippen LogP contribution in [0.2, 0.25) is 0 Å². The summed E-state index contributed by atoms with van der Waals surface area (Å²) in [7, 11) is 4.00. The molecule has 8 heavy (non-hydrogen) atoms. The Hall–Kier alpha value is 0.750. The molecular formula is C2H16Cl3N3. The molecule has 0 bridgehead atoms. The van der Waals surface area contributed by atoms with Crippen LogP contribution in [-0.2, 0) is 0 Å². The van der Waals surface area contributed by atoms with Gasteiger partial charge in [0.25, 0.3) is 0 Å². The number of halogens is 3. The van der Waals surface area contributed by atoms with E-state index in [1.165, 1.54) is 0 Å². The Balaban J connectivity index is -0.00000000200. The van der Waals surface area contributed by atoms with Gasteiger partial charge in [-0.1, -0.05) is 0 Å². The van der Waals surface area contributed by atoms with Crippen molar-refractivity contribution in [3.05, 3.63) is 0 Å². The van der Waals surface area contributed by atoms with Crippen molar-refractivity contribution in [2.45, 2.75) is 0 Å². The van der Waals surface area contributed by atoms with E-state index in [-0.39, 0.29) is 49.5 Å². The van der Waals surface area contributed by atoms with Crippen LogP contribution in [0.5, 0.6) is 0 Å². The molecule has 6 heteroatoms. The van der Waals surface area contributed by atoms with Crippen LogP contribution in [0.3, 0.4) is 0 Å². The van der Waals surface area contributed by atoms with E-state index in [9.17, 15) is 0 Å². The first-order chi connectivity index (χ1) is 1.41. The van der Waals surface area contributed by atoms with Gasteiger partial charge in [-0.05, 0) is 0 Å². The highest BCUT2D eigenvalue weighted by molar-refractivity contribution is 3.35. The molecule has 0 spiro atoms. The van der Waals surface area contributed by atoms with E-state index in [2.05, 4.69) is 0 Å². The third-order valence-electron chi connectivity index (χ3n) is 0. The lowest BCUT2D eigenvalue weighted by molar-refractivity contribution is -0.597. The standard InChI is InChI=1S/C2H7N.3ClH.2H3N/c1-3-2;;;;;/h3H,1-2H3;3*1H;2*1H3. The lowest BCUT2D eigenvalue weighted by Gasteiger charge is -1.57. The molecule has 0 aromatic rings. The minimum atomic E-state index is 0. The molecule has 0 atom stereocenters. The van der Waals surface area contributed by atoms with E-state index in [4.69, 9.17) is 0 Å². The third kappa shape index (κ3) is 397. The molecule has 3 nitrogen and oxygen atoms in total. The smallest absolute Gasteiger partial charge is 0.0647 e. The van der Waals surface area contributed by atoms with Crippen LogP contribution in [0.4, 0.5) is 0 Å². The van der Waals surface area contributed by atoms with E-state index in [0.29, 0.717) is 0 Å². The molecule has 0 aliphatic rings. The van der Waals surface area contributed by atoms with Gasteiger partial charge in [-0.2, -0.15) is 0 Å². The molecule has 0 aromatic heterocycles. The Morgan fingerprint density at radius 1 is 0.750 bits per heavy atom. The number of quaternary nitrogens is 3. The molecule has 10 N–H and O–H groups in total. The number of hydrogen-bond acceptors (Lipinski definition) is 0. The van der Waals surface area contributed by atoms with E-state index < -0.39 is 0 Å². The number of nitrogens with two attached hydrogens (primary N) is 1. The van der Waals surface area contributed by atoms with Crippen molar-refractivity contribution in [3.8, 4) is 0 Å². The lowest BCUT2D eigenvalue weighted by atomic mass is 11.3. The molecule has 0 aliphatic carbocycles. The van der Waals surface area contributed by atoms with Crippen molar-refractivity contribution in [1.82, 2.24) is 12.3 Å². The predicted octanol–water partition coefficient (Wildman–Crippen LogP) is -9.43. The first kappa shape index (κ1) is 69.5. The van der Waals surface area contributed by atoms with E-state index in [1.54, 1.807) is 0 Å². The summed E-state index contributed by atoms with van der Waals surface area (Å²) in [5.41, 5.74) is 0. The van der Waals surface area contributed by atoms with Crippen LogP contribution in [0, 0.1) is 0 Å². The van der Waals surface area contributed by atoms with Gasteiger partial charge in [-0.3, -0.25) is 0 Å². The first-order valence-corrected chi connectivity index (χ1v) is 1.15. The molecule has 0 heterocycles. The highest BCUT2D eigenvalue weighted by atomic mass is 35.5. The summed E-state index contributed by atoms with van der Waals surface area (Å²) < 4.78 is 0. The molecule has 0 amide bonds. The van der Waals surface area contributed by atoms with Crippen molar-refractivity contribution >= 4 is 0 Å². The summed E-state index contributed by atoms with van der Waals surface area (Å²) in [4.78, 5) is 0. The Morgan fingerprint density at radius 2 is 0.750 bits per heavy atom. The van der Waals surface area contributed by atoms with Gasteiger partial charge in [0.2, 0.25) is 0 Å². The molecule has 0 aromatic carbocycles. The van der Waals surface area contributed by atoms with E-state index >= 15 is 0 Å². The van der Waals surface area contributed by atoms with Crippen molar-refractivity contribution in [2.24, 2.45) is 0 Å². The maximum atomic E-state index is 2.00. The van der Waals surface area contributed by atoms with Crippen molar-refractivity contribution < 1.29 is 42.5 Å². The van der Waals surface area contributed by atoms with Crippen LogP contribution >= 0.6 is 0 Å². The summed E-state index contributed by atoms with van der Waals surface area (Å²) in [6, 6.07) is 0. The average molecular weight is 189 g/mol. The van der Waals surface area contributed by atoms with Gasteiger partial charge in [0, 0.05) is 0 Å². The fourth-order valence-electron chi connectivity index (χ4n) is 0. The number of rotatable bonds is 0. The Morgan fingerprint density at radius 3 is 0.750 bits per heavy atom. The molecule has 0 aliphatic heterocycles. The van der Waals surface area contributed by atoms with Gasteiger partial charge in [0.15, 0.2) is 0 Å². The highest BCUT2D eigenvalue weighted by Crippen LogP contribution is 0.586. The maximum Gasteiger partial charge on any atom is 0.0647 e. The quantitative estimate of drug-likeness (QED) is 0.337. The zero-order chi connectivity index (χ0) is 2.71. The summed E-state index contributed by atoms with van der Waals surface area (Å²) in [5, 5.41) is 2.00. The van der Waals surface area contributed by atoms with Crippen molar-refractivity contribution in [2.75, 3.05) is 14.1 Å². The zero-order valence-corrected chi connectivity index (χ0v) is 7.98. The van der Waals surface area contributed by atoms with E-state index in [0.717, 1.165) is 0 Å². The molecule has 0 unspecified atom stereocenters. The fraction of sp³-hybridized carbons (Fsp3) is 1.00. The van der Waals surface area contributed by atoms with Crippen molar-refractivity contribution in [1.29, 1.82) is 0 Å². The lowest BCUT2D eigenvalue weighted by Crippen LogP contribution is -3.00.